The number of rotatable bonds is 5. The molecule has 0 radical (unpaired) electrons. The number of carboxylic acid groups (broad SMARTS) is 1. The second kappa shape index (κ2) is 6.52. The van der Waals surface area contributed by atoms with E-state index < -0.39 is 5.97 Å². The first-order chi connectivity index (χ1) is 9.56. The Bertz CT molecular complexity index is 484. The number of anilines is 1. The van der Waals surface area contributed by atoms with E-state index >= 15 is 0 Å². The van der Waals surface area contributed by atoms with Crippen LogP contribution in [0.15, 0.2) is 24.3 Å². The Balaban J connectivity index is 1.90. The minimum atomic E-state index is -0.802. The van der Waals surface area contributed by atoms with Crippen LogP contribution in [0.4, 0.5) is 5.69 Å². The van der Waals surface area contributed by atoms with E-state index in [1.807, 2.05) is 24.3 Å². The molecule has 108 valence electrons. The molecule has 1 aliphatic heterocycles. The van der Waals surface area contributed by atoms with Gasteiger partial charge in [0.15, 0.2) is 0 Å². The van der Waals surface area contributed by atoms with Crippen molar-refractivity contribution in [1.29, 1.82) is 0 Å². The van der Waals surface area contributed by atoms with Gasteiger partial charge in [0.2, 0.25) is 5.91 Å². The van der Waals surface area contributed by atoms with Crippen LogP contribution in [-0.4, -0.2) is 29.6 Å². The predicted octanol–water partition coefficient (Wildman–Crippen LogP) is 1.64. The Hall–Kier alpha value is -1.88. The maximum absolute atomic E-state index is 12.1. The van der Waals surface area contributed by atoms with Crippen molar-refractivity contribution < 1.29 is 14.7 Å². The summed E-state index contributed by atoms with van der Waals surface area (Å²) in [6.45, 7) is 2.95. The number of amides is 1. The van der Waals surface area contributed by atoms with E-state index in [2.05, 4.69) is 17.6 Å². The van der Waals surface area contributed by atoms with Crippen LogP contribution in [0.3, 0.4) is 0 Å². The molecule has 1 aliphatic rings. The fraction of sp³-hybridized carbons (Fsp3) is 0.467. The first-order valence-corrected chi connectivity index (χ1v) is 6.91. The molecule has 1 aromatic rings. The van der Waals surface area contributed by atoms with Gasteiger partial charge in [-0.1, -0.05) is 19.1 Å². The van der Waals surface area contributed by atoms with Crippen molar-refractivity contribution in [1.82, 2.24) is 5.32 Å². The number of benzene rings is 1. The van der Waals surface area contributed by atoms with E-state index in [0.717, 1.165) is 24.2 Å². The third kappa shape index (κ3) is 3.81. The number of carbonyl (C=O) groups is 2. The highest BCUT2D eigenvalue weighted by Crippen LogP contribution is 2.17. The van der Waals surface area contributed by atoms with Gasteiger partial charge in [-0.15, -0.1) is 0 Å². The predicted molar refractivity (Wildman–Crippen MR) is 76.6 cm³/mol. The van der Waals surface area contributed by atoms with E-state index in [-0.39, 0.29) is 18.4 Å². The summed E-state index contributed by atoms with van der Waals surface area (Å²) in [5.41, 5.74) is 1.70. The number of hydrogen-bond donors (Lipinski definition) is 3. The lowest BCUT2D eigenvalue weighted by atomic mass is 10.0. The average Bonchev–Trinajstić information content (AvgIpc) is 2.84. The number of carboxylic acids is 1. The summed E-state index contributed by atoms with van der Waals surface area (Å²) in [6, 6.07) is 7.21. The molecule has 0 spiro atoms. The van der Waals surface area contributed by atoms with Crippen LogP contribution in [0, 0.1) is 5.92 Å². The maximum atomic E-state index is 12.1. The summed E-state index contributed by atoms with van der Waals surface area (Å²) in [7, 11) is 0. The topological polar surface area (TPSA) is 78.4 Å². The van der Waals surface area contributed by atoms with Gasteiger partial charge in [0.25, 0.3) is 0 Å². The molecule has 1 fully saturated rings. The van der Waals surface area contributed by atoms with E-state index in [1.54, 1.807) is 0 Å². The zero-order valence-corrected chi connectivity index (χ0v) is 11.6. The molecule has 0 aromatic heterocycles. The van der Waals surface area contributed by atoms with Gasteiger partial charge in [-0.3, -0.25) is 9.59 Å². The number of aliphatic carboxylic acids is 1. The number of nitrogens with one attached hydrogen (secondary N) is 2. The molecule has 3 N–H and O–H groups in total. The SMILES string of the molecule is CC1CCNC1C(=O)Nc1ccc(CCC(=O)O)cc1. The first kappa shape index (κ1) is 14.5. The molecule has 0 bridgehead atoms. The molecule has 1 amide bonds. The molecular formula is C15H20N2O3. The Labute approximate surface area is 118 Å². The minimum absolute atomic E-state index is 0.00622. The molecule has 1 saturated heterocycles. The standard InChI is InChI=1S/C15H20N2O3/c1-10-8-9-16-14(10)15(20)17-12-5-2-11(3-6-12)4-7-13(18)19/h2-3,5-6,10,14,16H,4,7-9H2,1H3,(H,17,20)(H,18,19). The first-order valence-electron chi connectivity index (χ1n) is 6.91. The minimum Gasteiger partial charge on any atom is -0.481 e. The smallest absolute Gasteiger partial charge is 0.303 e. The van der Waals surface area contributed by atoms with Gasteiger partial charge in [-0.25, -0.2) is 0 Å². The molecule has 1 heterocycles. The lowest BCUT2D eigenvalue weighted by molar-refractivity contribution is -0.137. The Morgan fingerprint density at radius 3 is 2.60 bits per heavy atom. The van der Waals surface area contributed by atoms with Crippen molar-refractivity contribution >= 4 is 17.6 Å². The molecule has 5 nitrogen and oxygen atoms in total. The average molecular weight is 276 g/mol. The van der Waals surface area contributed by atoms with Gasteiger partial charge < -0.3 is 15.7 Å². The van der Waals surface area contributed by atoms with Gasteiger partial charge in [-0.05, 0) is 43.0 Å². The van der Waals surface area contributed by atoms with E-state index in [1.165, 1.54) is 0 Å². The third-order valence-electron chi connectivity index (χ3n) is 3.66. The summed E-state index contributed by atoms with van der Waals surface area (Å²) in [4.78, 5) is 22.6. The highest BCUT2D eigenvalue weighted by Gasteiger charge is 2.29. The molecule has 5 heteroatoms. The maximum Gasteiger partial charge on any atom is 0.303 e. The Kier molecular flexibility index (Phi) is 4.74. The fourth-order valence-electron chi connectivity index (χ4n) is 2.41. The Morgan fingerprint density at radius 2 is 2.05 bits per heavy atom. The molecule has 2 atom stereocenters. The summed E-state index contributed by atoms with van der Waals surface area (Å²) < 4.78 is 0. The Morgan fingerprint density at radius 1 is 1.35 bits per heavy atom. The van der Waals surface area contributed by atoms with Crippen molar-refractivity contribution in [3.8, 4) is 0 Å². The zero-order chi connectivity index (χ0) is 14.5. The van der Waals surface area contributed by atoms with Crippen LogP contribution in [0.2, 0.25) is 0 Å². The molecule has 0 aliphatic carbocycles. The van der Waals surface area contributed by atoms with E-state index in [9.17, 15) is 9.59 Å². The van der Waals surface area contributed by atoms with Crippen LogP contribution in [0.25, 0.3) is 0 Å². The van der Waals surface area contributed by atoms with Crippen molar-refractivity contribution in [3.63, 3.8) is 0 Å². The van der Waals surface area contributed by atoms with Crippen LogP contribution in [-0.2, 0) is 16.0 Å². The monoisotopic (exact) mass is 276 g/mol. The zero-order valence-electron chi connectivity index (χ0n) is 11.6. The quantitative estimate of drug-likeness (QED) is 0.764. The lowest BCUT2D eigenvalue weighted by Gasteiger charge is -2.15. The molecule has 2 rings (SSSR count). The molecule has 20 heavy (non-hydrogen) atoms. The van der Waals surface area contributed by atoms with Gasteiger partial charge >= 0.3 is 5.97 Å². The van der Waals surface area contributed by atoms with Crippen molar-refractivity contribution in [2.75, 3.05) is 11.9 Å². The summed E-state index contributed by atoms with van der Waals surface area (Å²) in [5, 5.41) is 14.7. The van der Waals surface area contributed by atoms with E-state index in [4.69, 9.17) is 5.11 Å². The highest BCUT2D eigenvalue weighted by molar-refractivity contribution is 5.95. The molecular weight excluding hydrogens is 256 g/mol. The van der Waals surface area contributed by atoms with Crippen LogP contribution < -0.4 is 10.6 Å². The number of hydrogen-bond acceptors (Lipinski definition) is 3. The number of carbonyl (C=O) groups excluding carboxylic acids is 1. The van der Waals surface area contributed by atoms with Gasteiger partial charge in [0.05, 0.1) is 6.04 Å². The third-order valence-corrected chi connectivity index (χ3v) is 3.66. The van der Waals surface area contributed by atoms with Gasteiger partial charge in [0, 0.05) is 12.1 Å². The van der Waals surface area contributed by atoms with Crippen molar-refractivity contribution in [2.45, 2.75) is 32.2 Å². The van der Waals surface area contributed by atoms with E-state index in [0.29, 0.717) is 12.3 Å². The van der Waals surface area contributed by atoms with Crippen LogP contribution in [0.5, 0.6) is 0 Å². The highest BCUT2D eigenvalue weighted by atomic mass is 16.4. The molecule has 1 aromatic carbocycles. The van der Waals surface area contributed by atoms with Gasteiger partial charge in [-0.2, -0.15) is 0 Å². The van der Waals surface area contributed by atoms with Crippen LogP contribution in [0.1, 0.15) is 25.3 Å². The van der Waals surface area contributed by atoms with Crippen LogP contribution >= 0.6 is 0 Å². The summed E-state index contributed by atoms with van der Waals surface area (Å²) in [5.74, 6) is -0.457. The number of aryl methyl sites for hydroxylation is 1. The second-order valence-electron chi connectivity index (χ2n) is 5.28. The second-order valence-corrected chi connectivity index (χ2v) is 5.28. The molecule has 0 saturated carbocycles. The van der Waals surface area contributed by atoms with Crippen molar-refractivity contribution in [3.05, 3.63) is 29.8 Å². The fourth-order valence-corrected chi connectivity index (χ4v) is 2.41. The van der Waals surface area contributed by atoms with Gasteiger partial charge in [0.1, 0.15) is 0 Å². The summed E-state index contributed by atoms with van der Waals surface area (Å²) in [6.07, 6.45) is 1.65. The largest absolute Gasteiger partial charge is 0.481 e. The molecule has 2 unspecified atom stereocenters. The normalized spacial score (nSPS) is 21.6. The summed E-state index contributed by atoms with van der Waals surface area (Å²) >= 11 is 0. The lowest BCUT2D eigenvalue weighted by Crippen LogP contribution is -2.39. The van der Waals surface area contributed by atoms with Crippen molar-refractivity contribution in [2.24, 2.45) is 5.92 Å².